The zero-order valence-electron chi connectivity index (χ0n) is 13.7. The van der Waals surface area contributed by atoms with Gasteiger partial charge in [0.05, 0.1) is 13.0 Å². The van der Waals surface area contributed by atoms with Crippen LogP contribution in [0.5, 0.6) is 0 Å². The summed E-state index contributed by atoms with van der Waals surface area (Å²) in [6.07, 6.45) is 0.0312. The molecule has 5 heteroatoms. The Hall–Kier alpha value is -2.40. The Balaban J connectivity index is 1.65. The summed E-state index contributed by atoms with van der Waals surface area (Å²) in [4.78, 5) is 13.8. The van der Waals surface area contributed by atoms with Crippen LogP contribution in [-0.4, -0.2) is 17.9 Å². The molecule has 0 N–H and O–H groups in total. The molecule has 0 saturated carbocycles. The number of likely N-dealkylation sites (N-methyl/N-ethyl adjacent to an activating group) is 1. The molecule has 1 amide bonds. The third-order valence-electron chi connectivity index (χ3n) is 3.91. The van der Waals surface area contributed by atoms with E-state index in [0.29, 0.717) is 17.9 Å². The zero-order valence-corrected chi connectivity index (χ0v) is 15.3. The van der Waals surface area contributed by atoms with E-state index in [-0.39, 0.29) is 18.1 Å². The van der Waals surface area contributed by atoms with Gasteiger partial charge < -0.3 is 9.32 Å². The van der Waals surface area contributed by atoms with Crippen LogP contribution in [-0.2, 0) is 17.8 Å². The molecular formula is C20H17BrFNO2. The van der Waals surface area contributed by atoms with Crippen molar-refractivity contribution in [2.45, 2.75) is 13.0 Å². The van der Waals surface area contributed by atoms with Gasteiger partial charge in [0.2, 0.25) is 5.91 Å². The highest BCUT2D eigenvalue weighted by Gasteiger charge is 2.14. The van der Waals surface area contributed by atoms with Crippen LogP contribution in [0.3, 0.4) is 0 Å². The molecule has 0 bridgehead atoms. The molecule has 3 nitrogen and oxygen atoms in total. The summed E-state index contributed by atoms with van der Waals surface area (Å²) >= 11 is 3.40. The van der Waals surface area contributed by atoms with E-state index in [1.165, 1.54) is 11.0 Å². The first-order valence-corrected chi connectivity index (χ1v) is 8.64. The molecule has 0 saturated heterocycles. The van der Waals surface area contributed by atoms with Gasteiger partial charge in [-0.25, -0.2) is 4.39 Å². The fraction of sp³-hybridized carbons (Fsp3) is 0.150. The topological polar surface area (TPSA) is 33.5 Å². The number of rotatable bonds is 5. The maximum atomic E-state index is 13.7. The first-order valence-electron chi connectivity index (χ1n) is 7.85. The van der Waals surface area contributed by atoms with Crippen LogP contribution in [0.25, 0.3) is 11.3 Å². The van der Waals surface area contributed by atoms with Crippen molar-refractivity contribution in [3.63, 3.8) is 0 Å². The van der Waals surface area contributed by atoms with Crippen molar-refractivity contribution in [3.05, 3.63) is 82.3 Å². The summed E-state index contributed by atoms with van der Waals surface area (Å²) < 4.78 is 20.5. The normalized spacial score (nSPS) is 10.7. The Labute approximate surface area is 154 Å². The van der Waals surface area contributed by atoms with Gasteiger partial charge in [-0.15, -0.1) is 0 Å². The van der Waals surface area contributed by atoms with E-state index in [4.69, 9.17) is 4.42 Å². The van der Waals surface area contributed by atoms with Gasteiger partial charge in [-0.1, -0.05) is 46.3 Å². The molecule has 0 aliphatic carbocycles. The molecule has 0 aliphatic rings. The van der Waals surface area contributed by atoms with Crippen LogP contribution in [0.4, 0.5) is 4.39 Å². The van der Waals surface area contributed by atoms with Gasteiger partial charge in [0.25, 0.3) is 0 Å². The van der Waals surface area contributed by atoms with Crippen LogP contribution in [0.2, 0.25) is 0 Å². The van der Waals surface area contributed by atoms with Crippen molar-refractivity contribution in [1.82, 2.24) is 4.90 Å². The molecule has 0 fully saturated rings. The molecule has 1 heterocycles. The average Bonchev–Trinajstić information content (AvgIpc) is 3.06. The maximum Gasteiger partial charge on any atom is 0.227 e. The highest BCUT2D eigenvalue weighted by molar-refractivity contribution is 9.10. The van der Waals surface area contributed by atoms with Crippen LogP contribution in [0.1, 0.15) is 11.3 Å². The Morgan fingerprint density at radius 2 is 1.80 bits per heavy atom. The molecule has 128 valence electrons. The Morgan fingerprint density at radius 3 is 2.52 bits per heavy atom. The van der Waals surface area contributed by atoms with Crippen molar-refractivity contribution in [1.29, 1.82) is 0 Å². The molecule has 25 heavy (non-hydrogen) atoms. The zero-order chi connectivity index (χ0) is 17.8. The summed E-state index contributed by atoms with van der Waals surface area (Å²) in [6.45, 7) is 0.337. The monoisotopic (exact) mass is 401 g/mol. The summed E-state index contributed by atoms with van der Waals surface area (Å²) in [5, 5.41) is 0. The van der Waals surface area contributed by atoms with E-state index >= 15 is 0 Å². The number of carbonyl (C=O) groups excluding carboxylic acids is 1. The van der Waals surface area contributed by atoms with Crippen molar-refractivity contribution in [2.24, 2.45) is 0 Å². The number of nitrogens with zero attached hydrogens (tertiary/aromatic N) is 1. The molecule has 3 rings (SSSR count). The quantitative estimate of drug-likeness (QED) is 0.599. The predicted octanol–water partition coefficient (Wildman–Crippen LogP) is 5.05. The van der Waals surface area contributed by atoms with Crippen molar-refractivity contribution in [3.8, 4) is 11.3 Å². The van der Waals surface area contributed by atoms with Gasteiger partial charge in [-0.2, -0.15) is 0 Å². The SMILES string of the molecule is CN(Cc1ccc(-c2ccc(Br)cc2)o1)C(=O)Cc1ccccc1F. The molecule has 1 aromatic heterocycles. The number of halogens is 2. The lowest BCUT2D eigenvalue weighted by atomic mass is 10.1. The van der Waals surface area contributed by atoms with Gasteiger partial charge in [0.1, 0.15) is 17.3 Å². The van der Waals surface area contributed by atoms with Gasteiger partial charge in [-0.3, -0.25) is 4.79 Å². The van der Waals surface area contributed by atoms with Crippen LogP contribution in [0.15, 0.2) is 69.6 Å². The number of amides is 1. The first-order chi connectivity index (χ1) is 12.0. The Morgan fingerprint density at radius 1 is 1.08 bits per heavy atom. The third kappa shape index (κ3) is 4.37. The number of hydrogen-bond acceptors (Lipinski definition) is 2. The summed E-state index contributed by atoms with van der Waals surface area (Å²) in [6, 6.07) is 17.9. The van der Waals surface area contributed by atoms with E-state index in [9.17, 15) is 9.18 Å². The fourth-order valence-electron chi connectivity index (χ4n) is 2.49. The largest absolute Gasteiger partial charge is 0.459 e. The van der Waals surface area contributed by atoms with E-state index in [1.807, 2.05) is 36.4 Å². The standard InChI is InChI=1S/C20H17BrFNO2/c1-23(20(24)12-15-4-2-3-5-18(15)22)13-17-10-11-19(25-17)14-6-8-16(21)9-7-14/h2-11H,12-13H2,1H3. The second-order valence-corrected chi connectivity index (χ2v) is 6.71. The van der Waals surface area contributed by atoms with Crippen molar-refractivity contribution < 1.29 is 13.6 Å². The fourth-order valence-corrected chi connectivity index (χ4v) is 2.76. The lowest BCUT2D eigenvalue weighted by Crippen LogP contribution is -2.27. The lowest BCUT2D eigenvalue weighted by Gasteiger charge is -2.16. The highest BCUT2D eigenvalue weighted by atomic mass is 79.9. The van der Waals surface area contributed by atoms with Gasteiger partial charge in [0, 0.05) is 17.1 Å². The van der Waals surface area contributed by atoms with Gasteiger partial charge >= 0.3 is 0 Å². The molecule has 2 aromatic carbocycles. The Kier molecular flexibility index (Phi) is 5.34. The number of benzene rings is 2. The highest BCUT2D eigenvalue weighted by Crippen LogP contribution is 2.24. The summed E-state index contributed by atoms with van der Waals surface area (Å²) in [5.74, 6) is 0.909. The minimum absolute atomic E-state index is 0.0312. The predicted molar refractivity (Wildman–Crippen MR) is 98.4 cm³/mol. The van der Waals surface area contributed by atoms with Gasteiger partial charge in [0.15, 0.2) is 0 Å². The summed E-state index contributed by atoms with van der Waals surface area (Å²) in [5.41, 5.74) is 1.36. The van der Waals surface area contributed by atoms with Crippen LogP contribution in [0, 0.1) is 5.82 Å². The van der Waals surface area contributed by atoms with Crippen LogP contribution >= 0.6 is 15.9 Å². The van der Waals surface area contributed by atoms with Crippen molar-refractivity contribution >= 4 is 21.8 Å². The second-order valence-electron chi connectivity index (χ2n) is 5.79. The number of hydrogen-bond donors (Lipinski definition) is 0. The molecular weight excluding hydrogens is 385 g/mol. The molecule has 0 spiro atoms. The van der Waals surface area contributed by atoms with Crippen molar-refractivity contribution in [2.75, 3.05) is 7.05 Å². The maximum absolute atomic E-state index is 13.7. The molecule has 0 aliphatic heterocycles. The lowest BCUT2D eigenvalue weighted by molar-refractivity contribution is -0.129. The third-order valence-corrected chi connectivity index (χ3v) is 4.44. The minimum atomic E-state index is -0.361. The molecule has 0 atom stereocenters. The van der Waals surface area contributed by atoms with E-state index in [0.717, 1.165) is 15.8 Å². The number of carbonyl (C=O) groups is 1. The van der Waals surface area contributed by atoms with E-state index in [2.05, 4.69) is 15.9 Å². The Bertz CT molecular complexity index is 873. The molecule has 3 aromatic rings. The smallest absolute Gasteiger partial charge is 0.227 e. The molecule has 0 unspecified atom stereocenters. The molecule has 0 radical (unpaired) electrons. The second kappa shape index (κ2) is 7.66. The van der Waals surface area contributed by atoms with E-state index < -0.39 is 0 Å². The van der Waals surface area contributed by atoms with Gasteiger partial charge in [-0.05, 0) is 35.9 Å². The van der Waals surface area contributed by atoms with Crippen LogP contribution < -0.4 is 0 Å². The first kappa shape index (κ1) is 17.4. The minimum Gasteiger partial charge on any atom is -0.459 e. The average molecular weight is 402 g/mol. The van der Waals surface area contributed by atoms with E-state index in [1.54, 1.807) is 25.2 Å². The number of furan rings is 1. The summed E-state index contributed by atoms with van der Waals surface area (Å²) in [7, 11) is 1.69.